The van der Waals surface area contributed by atoms with Crippen molar-refractivity contribution < 1.29 is 14.3 Å². The number of hydrogen-bond donors (Lipinski definition) is 0. The first-order valence-electron chi connectivity index (χ1n) is 5.19. The van der Waals surface area contributed by atoms with E-state index in [4.69, 9.17) is 9.47 Å². The summed E-state index contributed by atoms with van der Waals surface area (Å²) in [4.78, 5) is 11.9. The van der Waals surface area contributed by atoms with E-state index in [9.17, 15) is 4.79 Å². The zero-order chi connectivity index (χ0) is 11.9. The SMILES string of the molecule is C[C@H]1OC(C)(C)O[C@@H]1C(=O)SC(C)(C)C. The van der Waals surface area contributed by atoms with Crippen LogP contribution in [0.3, 0.4) is 0 Å². The summed E-state index contributed by atoms with van der Waals surface area (Å²) in [6.07, 6.45) is -0.605. The predicted octanol–water partition coefficient (Wildman–Crippen LogP) is 2.58. The van der Waals surface area contributed by atoms with Gasteiger partial charge in [0.1, 0.15) is 0 Å². The van der Waals surface area contributed by atoms with Gasteiger partial charge in [0.25, 0.3) is 0 Å². The molecule has 0 aliphatic carbocycles. The van der Waals surface area contributed by atoms with Crippen LogP contribution in [0.4, 0.5) is 0 Å². The van der Waals surface area contributed by atoms with Crippen LogP contribution in [0.25, 0.3) is 0 Å². The van der Waals surface area contributed by atoms with E-state index in [1.54, 1.807) is 0 Å². The van der Waals surface area contributed by atoms with E-state index < -0.39 is 11.9 Å². The van der Waals surface area contributed by atoms with Crippen molar-refractivity contribution in [3.8, 4) is 0 Å². The Hall–Kier alpha value is -0.0600. The third kappa shape index (κ3) is 3.78. The predicted molar refractivity (Wildman–Crippen MR) is 61.9 cm³/mol. The Bertz CT molecular complexity index is 255. The van der Waals surface area contributed by atoms with Crippen molar-refractivity contribution in [2.45, 2.75) is 64.3 Å². The average Bonchev–Trinajstić information content (AvgIpc) is 2.20. The lowest BCUT2D eigenvalue weighted by molar-refractivity contribution is -0.150. The number of carbonyl (C=O) groups excluding carboxylic acids is 1. The van der Waals surface area contributed by atoms with Crippen LogP contribution in [0.1, 0.15) is 41.5 Å². The second-order valence-electron chi connectivity index (χ2n) is 5.29. The van der Waals surface area contributed by atoms with Gasteiger partial charge in [-0.05, 0) is 20.8 Å². The van der Waals surface area contributed by atoms with E-state index in [-0.39, 0.29) is 16.0 Å². The highest BCUT2D eigenvalue weighted by molar-refractivity contribution is 8.14. The fourth-order valence-corrected chi connectivity index (χ4v) is 2.50. The Morgan fingerprint density at radius 3 is 2.13 bits per heavy atom. The summed E-state index contributed by atoms with van der Waals surface area (Å²) in [5, 5.41) is 0.0561. The van der Waals surface area contributed by atoms with E-state index in [0.29, 0.717) is 0 Å². The van der Waals surface area contributed by atoms with Gasteiger partial charge < -0.3 is 9.47 Å². The van der Waals surface area contributed by atoms with Gasteiger partial charge in [0.15, 0.2) is 11.9 Å². The largest absolute Gasteiger partial charge is 0.344 e. The zero-order valence-electron chi connectivity index (χ0n) is 10.3. The van der Waals surface area contributed by atoms with E-state index in [1.807, 2.05) is 41.5 Å². The molecule has 1 aliphatic rings. The Labute approximate surface area is 95.9 Å². The summed E-state index contributed by atoms with van der Waals surface area (Å²) in [7, 11) is 0. The second-order valence-corrected chi connectivity index (χ2v) is 7.13. The lowest BCUT2D eigenvalue weighted by atomic mass is 10.2. The fourth-order valence-electron chi connectivity index (χ4n) is 1.54. The molecule has 0 spiro atoms. The lowest BCUT2D eigenvalue weighted by Crippen LogP contribution is -2.30. The number of rotatable bonds is 1. The molecule has 1 heterocycles. The molecular weight excluding hydrogens is 212 g/mol. The van der Waals surface area contributed by atoms with Crippen molar-refractivity contribution in [1.82, 2.24) is 0 Å². The van der Waals surface area contributed by atoms with Gasteiger partial charge in [0.2, 0.25) is 5.12 Å². The van der Waals surface area contributed by atoms with Gasteiger partial charge in [0, 0.05) is 4.75 Å². The van der Waals surface area contributed by atoms with Crippen molar-refractivity contribution in [2.24, 2.45) is 0 Å². The third-order valence-corrected chi connectivity index (χ3v) is 2.99. The van der Waals surface area contributed by atoms with Gasteiger partial charge in [-0.3, -0.25) is 4.79 Å². The van der Waals surface area contributed by atoms with E-state index in [0.717, 1.165) is 0 Å². The molecule has 0 aromatic rings. The number of ether oxygens (including phenoxy) is 2. The molecule has 88 valence electrons. The molecule has 0 radical (unpaired) electrons. The summed E-state index contributed by atoms with van der Waals surface area (Å²) < 4.78 is 11.0. The minimum atomic E-state index is -0.641. The molecule has 0 bridgehead atoms. The van der Waals surface area contributed by atoms with Gasteiger partial charge in [-0.25, -0.2) is 0 Å². The first-order chi connectivity index (χ1) is 6.61. The highest BCUT2D eigenvalue weighted by atomic mass is 32.2. The lowest BCUT2D eigenvalue weighted by Gasteiger charge is -2.20. The molecule has 1 fully saturated rings. The van der Waals surface area contributed by atoms with Gasteiger partial charge in [-0.1, -0.05) is 32.5 Å². The molecule has 1 saturated heterocycles. The van der Waals surface area contributed by atoms with Gasteiger partial charge in [-0.2, -0.15) is 0 Å². The van der Waals surface area contributed by atoms with Gasteiger partial charge in [0.05, 0.1) is 6.10 Å². The van der Waals surface area contributed by atoms with E-state index in [1.165, 1.54) is 11.8 Å². The van der Waals surface area contributed by atoms with E-state index >= 15 is 0 Å². The van der Waals surface area contributed by atoms with Crippen LogP contribution in [-0.2, 0) is 14.3 Å². The topological polar surface area (TPSA) is 35.5 Å². The number of hydrogen-bond acceptors (Lipinski definition) is 4. The molecule has 0 N–H and O–H groups in total. The third-order valence-electron chi connectivity index (χ3n) is 1.95. The van der Waals surface area contributed by atoms with Gasteiger partial charge in [-0.15, -0.1) is 0 Å². The first-order valence-corrected chi connectivity index (χ1v) is 6.01. The maximum atomic E-state index is 11.9. The molecule has 15 heavy (non-hydrogen) atoms. The summed E-state index contributed by atoms with van der Waals surface area (Å²) in [6.45, 7) is 11.6. The molecule has 0 aromatic carbocycles. The van der Waals surface area contributed by atoms with Crippen molar-refractivity contribution in [2.75, 3.05) is 0 Å². The van der Waals surface area contributed by atoms with Crippen LogP contribution in [0.5, 0.6) is 0 Å². The molecule has 3 nitrogen and oxygen atoms in total. The minimum absolute atomic E-state index is 0.0561. The molecule has 2 atom stereocenters. The number of carbonyl (C=O) groups is 1. The monoisotopic (exact) mass is 232 g/mol. The first kappa shape index (κ1) is 13.0. The Kier molecular flexibility index (Phi) is 3.53. The van der Waals surface area contributed by atoms with Crippen molar-refractivity contribution in [3.63, 3.8) is 0 Å². The van der Waals surface area contributed by atoms with Crippen LogP contribution in [0.2, 0.25) is 0 Å². The van der Waals surface area contributed by atoms with Crippen molar-refractivity contribution in [3.05, 3.63) is 0 Å². The minimum Gasteiger partial charge on any atom is -0.344 e. The highest BCUT2D eigenvalue weighted by Gasteiger charge is 2.43. The van der Waals surface area contributed by atoms with Crippen molar-refractivity contribution in [1.29, 1.82) is 0 Å². The normalized spacial score (nSPS) is 30.5. The second kappa shape index (κ2) is 4.07. The van der Waals surface area contributed by atoms with E-state index in [2.05, 4.69) is 0 Å². The fraction of sp³-hybridized carbons (Fsp3) is 0.909. The average molecular weight is 232 g/mol. The summed E-state index contributed by atoms with van der Waals surface area (Å²) >= 11 is 1.31. The zero-order valence-corrected chi connectivity index (χ0v) is 11.1. The van der Waals surface area contributed by atoms with Crippen LogP contribution in [0, 0.1) is 0 Å². The standard InChI is InChI=1S/C11H20O3S/c1-7-8(14-11(5,6)13-7)9(12)15-10(2,3)4/h7-8H,1-6H3/t7-,8+/m1/s1. The van der Waals surface area contributed by atoms with Crippen LogP contribution >= 0.6 is 11.8 Å². The van der Waals surface area contributed by atoms with Gasteiger partial charge >= 0.3 is 0 Å². The van der Waals surface area contributed by atoms with Crippen LogP contribution in [0.15, 0.2) is 0 Å². The molecule has 0 saturated carbocycles. The molecule has 4 heteroatoms. The molecule has 1 aliphatic heterocycles. The maximum absolute atomic E-state index is 11.9. The van der Waals surface area contributed by atoms with Crippen LogP contribution in [-0.4, -0.2) is 27.9 Å². The summed E-state index contributed by atoms with van der Waals surface area (Å²) in [5.41, 5.74) is 0. The summed E-state index contributed by atoms with van der Waals surface area (Å²) in [6, 6.07) is 0. The quantitative estimate of drug-likeness (QED) is 0.696. The van der Waals surface area contributed by atoms with Crippen molar-refractivity contribution >= 4 is 16.9 Å². The highest BCUT2D eigenvalue weighted by Crippen LogP contribution is 2.34. The molecule has 0 aromatic heterocycles. The molecular formula is C11H20O3S. The summed E-state index contributed by atoms with van der Waals surface area (Å²) in [5.74, 6) is -0.641. The molecule has 0 amide bonds. The Morgan fingerprint density at radius 2 is 1.80 bits per heavy atom. The smallest absolute Gasteiger partial charge is 0.221 e. The Balaban J connectivity index is 2.62. The maximum Gasteiger partial charge on any atom is 0.221 e. The van der Waals surface area contributed by atoms with Crippen LogP contribution < -0.4 is 0 Å². The number of thioether (sulfide) groups is 1. The Morgan fingerprint density at radius 1 is 1.27 bits per heavy atom. The molecule has 0 unspecified atom stereocenters. The molecule has 1 rings (SSSR count).